The van der Waals surface area contributed by atoms with Gasteiger partial charge in [-0.1, -0.05) is 62.1 Å². The number of H-pyrrole nitrogens is 1. The van der Waals surface area contributed by atoms with Gasteiger partial charge >= 0.3 is 0 Å². The van der Waals surface area contributed by atoms with Crippen molar-refractivity contribution in [2.45, 2.75) is 25.7 Å². The monoisotopic (exact) mass is 532 g/mol. The van der Waals surface area contributed by atoms with Crippen molar-refractivity contribution < 1.29 is 4.42 Å². The van der Waals surface area contributed by atoms with E-state index in [1.807, 2.05) is 24.3 Å². The molecule has 198 valence electrons. The number of nitrogens with zero attached hydrogens (tertiary/aromatic N) is 3. The summed E-state index contributed by atoms with van der Waals surface area (Å²) < 4.78 is 6.05. The summed E-state index contributed by atoms with van der Waals surface area (Å²) in [4.78, 5) is 15.1. The normalized spacial score (nSPS) is 15.8. The topological polar surface area (TPSA) is 58.0 Å². The van der Waals surface area contributed by atoms with E-state index in [2.05, 4.69) is 95.1 Å². The summed E-state index contributed by atoms with van der Waals surface area (Å²) in [7, 11) is 0. The second-order valence-electron chi connectivity index (χ2n) is 10.6. The number of aromatic nitrogens is 3. The largest absolute Gasteiger partial charge is 0.436 e. The third-order valence-corrected chi connectivity index (χ3v) is 8.40. The number of anilines is 2. The van der Waals surface area contributed by atoms with Crippen molar-refractivity contribution in [1.29, 1.82) is 0 Å². The molecule has 0 spiro atoms. The zero-order chi connectivity index (χ0) is 27.5. The molecule has 0 bridgehead atoms. The number of hydrogen-bond acceptors (Lipinski definition) is 4. The first kappa shape index (κ1) is 23.7. The summed E-state index contributed by atoms with van der Waals surface area (Å²) in [5.74, 6) is 0.937. The van der Waals surface area contributed by atoms with Gasteiger partial charge in [-0.05, 0) is 72.0 Å². The maximum absolute atomic E-state index is 6.05. The Bertz CT molecular complexity index is 2040. The molecule has 1 atom stereocenters. The zero-order valence-electron chi connectivity index (χ0n) is 22.8. The molecule has 5 heteroatoms. The lowest BCUT2D eigenvalue weighted by atomic mass is 9.91. The van der Waals surface area contributed by atoms with Crippen LogP contribution >= 0.6 is 0 Å². The van der Waals surface area contributed by atoms with Crippen LogP contribution in [0.3, 0.4) is 0 Å². The molecule has 1 aliphatic carbocycles. The number of rotatable bonds is 5. The lowest BCUT2D eigenvalue weighted by Crippen LogP contribution is -2.14. The minimum absolute atomic E-state index is 0.335. The molecule has 8 rings (SSSR count). The highest BCUT2D eigenvalue weighted by Gasteiger charge is 2.37. The SMILES string of the molecule is C=Cc1c(CC)[nH]c2c3c(ccc12)C1CC=CC=C1N3c1cccc(-c2ccc3oc(-c4ccncc4)nc3c2)c1. The van der Waals surface area contributed by atoms with Gasteiger partial charge in [-0.15, -0.1) is 0 Å². The molecular formula is C36H28N4O. The molecule has 1 unspecified atom stereocenters. The number of benzene rings is 3. The minimum Gasteiger partial charge on any atom is -0.436 e. The molecule has 1 N–H and O–H groups in total. The van der Waals surface area contributed by atoms with E-state index in [9.17, 15) is 0 Å². The number of oxazole rings is 1. The highest BCUT2D eigenvalue weighted by atomic mass is 16.3. The van der Waals surface area contributed by atoms with Gasteiger partial charge in [0.25, 0.3) is 0 Å². The van der Waals surface area contributed by atoms with Crippen LogP contribution in [0.5, 0.6) is 0 Å². The van der Waals surface area contributed by atoms with Crippen molar-refractivity contribution >= 4 is 39.5 Å². The maximum atomic E-state index is 6.05. The number of pyridine rings is 1. The third-order valence-electron chi connectivity index (χ3n) is 8.40. The first-order valence-corrected chi connectivity index (χ1v) is 14.1. The van der Waals surface area contributed by atoms with Gasteiger partial charge in [-0.3, -0.25) is 4.98 Å². The molecule has 0 amide bonds. The number of fused-ring (bicyclic) bond motifs is 6. The fraction of sp³-hybridized carbons (Fsp3) is 0.111. The van der Waals surface area contributed by atoms with Crippen molar-refractivity contribution in [3.05, 3.63) is 126 Å². The van der Waals surface area contributed by atoms with Crippen LogP contribution in [-0.2, 0) is 6.42 Å². The van der Waals surface area contributed by atoms with E-state index in [1.54, 1.807) is 12.4 Å². The smallest absolute Gasteiger partial charge is 0.227 e. The Morgan fingerprint density at radius 1 is 1.02 bits per heavy atom. The van der Waals surface area contributed by atoms with Crippen molar-refractivity contribution in [3.8, 4) is 22.6 Å². The van der Waals surface area contributed by atoms with Crippen molar-refractivity contribution in [2.75, 3.05) is 4.90 Å². The first-order chi connectivity index (χ1) is 20.2. The van der Waals surface area contributed by atoms with Crippen LogP contribution in [-0.4, -0.2) is 15.0 Å². The van der Waals surface area contributed by atoms with Gasteiger partial charge in [-0.2, -0.15) is 0 Å². The van der Waals surface area contributed by atoms with Crippen LogP contribution in [0.4, 0.5) is 11.4 Å². The lowest BCUT2D eigenvalue weighted by molar-refractivity contribution is 0.619. The van der Waals surface area contributed by atoms with Crippen LogP contribution < -0.4 is 4.90 Å². The summed E-state index contributed by atoms with van der Waals surface area (Å²) in [6, 6.07) is 23.4. The molecule has 0 saturated heterocycles. The quantitative estimate of drug-likeness (QED) is 0.240. The summed E-state index contributed by atoms with van der Waals surface area (Å²) in [6.07, 6.45) is 14.2. The Morgan fingerprint density at radius 3 is 2.76 bits per heavy atom. The highest BCUT2D eigenvalue weighted by Crippen LogP contribution is 2.53. The van der Waals surface area contributed by atoms with Crippen LogP contribution in [0.2, 0.25) is 0 Å². The van der Waals surface area contributed by atoms with E-state index in [0.29, 0.717) is 11.8 Å². The van der Waals surface area contributed by atoms with Gasteiger partial charge in [0.1, 0.15) is 5.52 Å². The molecule has 0 fully saturated rings. The van der Waals surface area contributed by atoms with Crippen LogP contribution in [0, 0.1) is 0 Å². The summed E-state index contributed by atoms with van der Waals surface area (Å²) in [5, 5.41) is 1.23. The summed E-state index contributed by atoms with van der Waals surface area (Å²) in [6.45, 7) is 6.31. The second kappa shape index (κ2) is 9.20. The first-order valence-electron chi connectivity index (χ1n) is 14.1. The molecule has 4 heterocycles. The molecule has 5 nitrogen and oxygen atoms in total. The van der Waals surface area contributed by atoms with Gasteiger partial charge in [0.05, 0.1) is 11.2 Å². The number of aryl methyl sites for hydroxylation is 1. The van der Waals surface area contributed by atoms with Gasteiger partial charge in [0.2, 0.25) is 5.89 Å². The number of allylic oxidation sites excluding steroid dienone is 4. The van der Waals surface area contributed by atoms with Crippen molar-refractivity contribution in [2.24, 2.45) is 0 Å². The van der Waals surface area contributed by atoms with E-state index < -0.39 is 0 Å². The molecule has 0 saturated carbocycles. The maximum Gasteiger partial charge on any atom is 0.227 e. The predicted octanol–water partition coefficient (Wildman–Crippen LogP) is 9.32. The Kier molecular flexibility index (Phi) is 5.32. The Labute approximate surface area is 238 Å². The fourth-order valence-electron chi connectivity index (χ4n) is 6.46. The molecule has 41 heavy (non-hydrogen) atoms. The molecule has 2 aliphatic rings. The zero-order valence-corrected chi connectivity index (χ0v) is 22.8. The lowest BCUT2D eigenvalue weighted by Gasteiger charge is -2.25. The van der Waals surface area contributed by atoms with Gasteiger partial charge in [0.15, 0.2) is 5.58 Å². The van der Waals surface area contributed by atoms with Crippen LogP contribution in [0.15, 0.2) is 114 Å². The molecule has 6 aromatic rings. The van der Waals surface area contributed by atoms with Crippen molar-refractivity contribution in [3.63, 3.8) is 0 Å². The van der Waals surface area contributed by atoms with Crippen LogP contribution in [0.1, 0.15) is 36.1 Å². The molecule has 0 radical (unpaired) electrons. The highest BCUT2D eigenvalue weighted by molar-refractivity contribution is 6.04. The molecule has 3 aromatic heterocycles. The van der Waals surface area contributed by atoms with Gasteiger partial charge < -0.3 is 14.3 Å². The van der Waals surface area contributed by atoms with E-state index in [-0.39, 0.29) is 0 Å². The fourth-order valence-corrected chi connectivity index (χ4v) is 6.46. The van der Waals surface area contributed by atoms with E-state index in [0.717, 1.165) is 46.3 Å². The Hall–Kier alpha value is -5.16. The average molecular weight is 533 g/mol. The van der Waals surface area contributed by atoms with Crippen molar-refractivity contribution in [1.82, 2.24) is 15.0 Å². The Balaban J connectivity index is 1.26. The van der Waals surface area contributed by atoms with E-state index in [4.69, 9.17) is 9.40 Å². The third kappa shape index (κ3) is 3.62. The minimum atomic E-state index is 0.335. The number of aromatic amines is 1. The van der Waals surface area contributed by atoms with Gasteiger partial charge in [-0.25, -0.2) is 4.98 Å². The number of hydrogen-bond donors (Lipinski definition) is 1. The summed E-state index contributed by atoms with van der Waals surface area (Å²) in [5.41, 5.74) is 13.4. The standard InChI is InChI=1S/C36H28N4O/c1-3-26-28-13-14-29-27-10-5-6-11-32(27)40(35(29)34(28)38-30(26)4-2)25-9-7-8-23(20-25)24-12-15-33-31(21-24)39-36(41-33)22-16-18-37-19-17-22/h3,5-9,11-21,27,38H,1,4,10H2,2H3. The van der Waals surface area contributed by atoms with Crippen LogP contribution in [0.25, 0.3) is 50.7 Å². The Morgan fingerprint density at radius 2 is 1.90 bits per heavy atom. The number of nitrogens with one attached hydrogen (secondary N) is 1. The van der Waals surface area contributed by atoms with E-state index in [1.165, 1.54) is 39.1 Å². The summed E-state index contributed by atoms with van der Waals surface area (Å²) >= 11 is 0. The predicted molar refractivity (Wildman–Crippen MR) is 167 cm³/mol. The molecule has 1 aliphatic heterocycles. The van der Waals surface area contributed by atoms with Gasteiger partial charge in [0, 0.05) is 51.9 Å². The average Bonchev–Trinajstić information content (AvgIpc) is 3.72. The molecule has 3 aromatic carbocycles. The van der Waals surface area contributed by atoms with E-state index >= 15 is 0 Å². The second-order valence-corrected chi connectivity index (χ2v) is 10.6. The molecular weight excluding hydrogens is 504 g/mol.